The first-order chi connectivity index (χ1) is 9.90. The molecule has 21 heavy (non-hydrogen) atoms. The van der Waals surface area contributed by atoms with Crippen LogP contribution in [0.2, 0.25) is 0 Å². The van der Waals surface area contributed by atoms with Crippen LogP contribution in [0.3, 0.4) is 0 Å². The molecule has 1 amide bonds. The smallest absolute Gasteiger partial charge is 0.263 e. The molecule has 5 heteroatoms. The van der Waals surface area contributed by atoms with Crippen molar-refractivity contribution in [3.8, 4) is 5.75 Å². The molecule has 0 saturated carbocycles. The van der Waals surface area contributed by atoms with E-state index in [2.05, 4.69) is 0 Å². The summed E-state index contributed by atoms with van der Waals surface area (Å²) in [6, 6.07) is 4.62. The van der Waals surface area contributed by atoms with E-state index in [0.717, 1.165) is 0 Å². The lowest BCUT2D eigenvalue weighted by Crippen LogP contribution is -2.40. The minimum absolute atomic E-state index is 0.108. The Morgan fingerprint density at radius 3 is 2.48 bits per heavy atom. The molecule has 0 aliphatic carbocycles. The number of nitrogens with two attached hydrogens (primary N) is 1. The standard InChI is InChI=1S/C16H25FN2O2/c1-5-19(6-2)16(20)12(4)21-15-13(10-11(3)18)8-7-9-14(15)17/h7-9,11-12H,5-6,10,18H2,1-4H3. The van der Waals surface area contributed by atoms with Gasteiger partial charge < -0.3 is 15.4 Å². The summed E-state index contributed by atoms with van der Waals surface area (Å²) in [7, 11) is 0. The molecule has 1 aromatic rings. The van der Waals surface area contributed by atoms with Crippen molar-refractivity contribution in [1.29, 1.82) is 0 Å². The fraction of sp³-hybridized carbons (Fsp3) is 0.562. The van der Waals surface area contributed by atoms with Crippen LogP contribution >= 0.6 is 0 Å². The van der Waals surface area contributed by atoms with E-state index < -0.39 is 11.9 Å². The Bertz CT molecular complexity index is 473. The van der Waals surface area contributed by atoms with Crippen LogP contribution in [0.4, 0.5) is 4.39 Å². The quantitative estimate of drug-likeness (QED) is 0.840. The molecule has 0 bridgehead atoms. The second kappa shape index (κ2) is 7.98. The Balaban J connectivity index is 2.93. The zero-order valence-electron chi connectivity index (χ0n) is 13.2. The maximum absolute atomic E-state index is 14.0. The molecule has 2 atom stereocenters. The Morgan fingerprint density at radius 1 is 1.33 bits per heavy atom. The van der Waals surface area contributed by atoms with Gasteiger partial charge in [0.2, 0.25) is 0 Å². The second-order valence-corrected chi connectivity index (χ2v) is 5.18. The van der Waals surface area contributed by atoms with Crippen LogP contribution < -0.4 is 10.5 Å². The molecule has 2 N–H and O–H groups in total. The highest BCUT2D eigenvalue weighted by Gasteiger charge is 2.22. The minimum Gasteiger partial charge on any atom is -0.478 e. The third-order valence-corrected chi connectivity index (χ3v) is 3.31. The van der Waals surface area contributed by atoms with Gasteiger partial charge >= 0.3 is 0 Å². The molecule has 0 fully saturated rings. The number of carbonyl (C=O) groups excluding carboxylic acids is 1. The van der Waals surface area contributed by atoms with Gasteiger partial charge in [-0.25, -0.2) is 4.39 Å². The van der Waals surface area contributed by atoms with E-state index in [1.807, 2.05) is 20.8 Å². The van der Waals surface area contributed by atoms with Crippen molar-refractivity contribution in [3.63, 3.8) is 0 Å². The lowest BCUT2D eigenvalue weighted by molar-refractivity contribution is -0.137. The fourth-order valence-electron chi connectivity index (χ4n) is 2.21. The fourth-order valence-corrected chi connectivity index (χ4v) is 2.21. The van der Waals surface area contributed by atoms with Crippen molar-refractivity contribution in [3.05, 3.63) is 29.6 Å². The Hall–Kier alpha value is -1.62. The number of benzene rings is 1. The summed E-state index contributed by atoms with van der Waals surface area (Å²) < 4.78 is 19.6. The maximum atomic E-state index is 14.0. The van der Waals surface area contributed by atoms with Gasteiger partial charge in [0.15, 0.2) is 17.7 Å². The maximum Gasteiger partial charge on any atom is 0.263 e. The topological polar surface area (TPSA) is 55.6 Å². The van der Waals surface area contributed by atoms with Crippen LogP contribution in [-0.4, -0.2) is 36.0 Å². The Morgan fingerprint density at radius 2 is 1.95 bits per heavy atom. The number of hydrogen-bond acceptors (Lipinski definition) is 3. The summed E-state index contributed by atoms with van der Waals surface area (Å²) in [5.41, 5.74) is 6.46. The highest BCUT2D eigenvalue weighted by Crippen LogP contribution is 2.25. The van der Waals surface area contributed by atoms with Crippen LogP contribution in [0.1, 0.15) is 33.3 Å². The molecule has 0 spiro atoms. The molecule has 1 rings (SSSR count). The first-order valence-corrected chi connectivity index (χ1v) is 7.39. The van der Waals surface area contributed by atoms with E-state index in [1.165, 1.54) is 6.07 Å². The number of amides is 1. The average Bonchev–Trinajstić information content (AvgIpc) is 2.43. The Kier molecular flexibility index (Phi) is 6.62. The molecule has 0 aliphatic rings. The highest BCUT2D eigenvalue weighted by molar-refractivity contribution is 5.80. The van der Waals surface area contributed by atoms with E-state index in [0.29, 0.717) is 25.1 Å². The lowest BCUT2D eigenvalue weighted by Gasteiger charge is -2.24. The second-order valence-electron chi connectivity index (χ2n) is 5.18. The molecule has 1 aromatic carbocycles. The summed E-state index contributed by atoms with van der Waals surface area (Å²) >= 11 is 0. The Labute approximate surface area is 126 Å². The summed E-state index contributed by atoms with van der Waals surface area (Å²) in [6.07, 6.45) is -0.229. The largest absolute Gasteiger partial charge is 0.478 e. The minimum atomic E-state index is -0.728. The molecule has 0 heterocycles. The molecular weight excluding hydrogens is 271 g/mol. The van der Waals surface area contributed by atoms with E-state index in [-0.39, 0.29) is 17.7 Å². The molecule has 0 aliphatic heterocycles. The molecule has 0 aromatic heterocycles. The van der Waals surface area contributed by atoms with Crippen molar-refractivity contribution in [2.75, 3.05) is 13.1 Å². The summed E-state index contributed by atoms with van der Waals surface area (Å²) in [5.74, 6) is -0.481. The predicted molar refractivity (Wildman–Crippen MR) is 81.8 cm³/mol. The first kappa shape index (κ1) is 17.4. The summed E-state index contributed by atoms with van der Waals surface area (Å²) in [5, 5.41) is 0. The van der Waals surface area contributed by atoms with Gasteiger partial charge in [-0.15, -0.1) is 0 Å². The van der Waals surface area contributed by atoms with Gasteiger partial charge in [0.05, 0.1) is 0 Å². The molecule has 0 radical (unpaired) electrons. The van der Waals surface area contributed by atoms with Crippen LogP contribution in [0.15, 0.2) is 18.2 Å². The number of hydrogen-bond donors (Lipinski definition) is 1. The van der Waals surface area contributed by atoms with Gasteiger partial charge in [0, 0.05) is 19.1 Å². The summed E-state index contributed by atoms with van der Waals surface area (Å²) in [6.45, 7) is 8.50. The van der Waals surface area contributed by atoms with Crippen molar-refractivity contribution in [1.82, 2.24) is 4.90 Å². The molecule has 4 nitrogen and oxygen atoms in total. The third kappa shape index (κ3) is 4.70. The molecule has 118 valence electrons. The molecule has 2 unspecified atom stereocenters. The van der Waals surface area contributed by atoms with Crippen molar-refractivity contribution in [2.24, 2.45) is 5.73 Å². The monoisotopic (exact) mass is 296 g/mol. The van der Waals surface area contributed by atoms with Crippen molar-refractivity contribution in [2.45, 2.75) is 46.3 Å². The van der Waals surface area contributed by atoms with E-state index in [9.17, 15) is 9.18 Å². The zero-order chi connectivity index (χ0) is 16.0. The molecule has 0 saturated heterocycles. The zero-order valence-corrected chi connectivity index (χ0v) is 13.2. The normalized spacial score (nSPS) is 13.6. The number of ether oxygens (including phenoxy) is 1. The number of nitrogens with zero attached hydrogens (tertiary/aromatic N) is 1. The van der Waals surface area contributed by atoms with Gasteiger partial charge in [-0.2, -0.15) is 0 Å². The summed E-state index contributed by atoms with van der Waals surface area (Å²) in [4.78, 5) is 13.9. The lowest BCUT2D eigenvalue weighted by atomic mass is 10.1. The van der Waals surface area contributed by atoms with Gasteiger partial charge in [0.25, 0.3) is 5.91 Å². The van der Waals surface area contributed by atoms with Crippen LogP contribution in [0.25, 0.3) is 0 Å². The highest BCUT2D eigenvalue weighted by atomic mass is 19.1. The van der Waals surface area contributed by atoms with E-state index >= 15 is 0 Å². The van der Waals surface area contributed by atoms with E-state index in [4.69, 9.17) is 10.5 Å². The van der Waals surface area contributed by atoms with Crippen molar-refractivity contribution < 1.29 is 13.9 Å². The SMILES string of the molecule is CCN(CC)C(=O)C(C)Oc1c(F)cccc1CC(C)N. The number of halogens is 1. The van der Waals surface area contributed by atoms with Gasteiger partial charge in [-0.05, 0) is 45.7 Å². The van der Waals surface area contributed by atoms with Gasteiger partial charge in [-0.3, -0.25) is 4.79 Å². The van der Waals surface area contributed by atoms with E-state index in [1.54, 1.807) is 24.0 Å². The van der Waals surface area contributed by atoms with Gasteiger partial charge in [0.1, 0.15) is 0 Å². The van der Waals surface area contributed by atoms with Gasteiger partial charge in [-0.1, -0.05) is 12.1 Å². The number of carbonyl (C=O) groups is 1. The number of likely N-dealkylation sites (N-methyl/N-ethyl adjacent to an activating group) is 1. The van der Waals surface area contributed by atoms with Crippen LogP contribution in [-0.2, 0) is 11.2 Å². The predicted octanol–water partition coefficient (Wildman–Crippen LogP) is 2.35. The third-order valence-electron chi connectivity index (χ3n) is 3.31. The average molecular weight is 296 g/mol. The van der Waals surface area contributed by atoms with Crippen LogP contribution in [0, 0.1) is 5.82 Å². The first-order valence-electron chi connectivity index (χ1n) is 7.39. The number of rotatable bonds is 7. The molecular formula is C16H25FN2O2. The van der Waals surface area contributed by atoms with Crippen molar-refractivity contribution >= 4 is 5.91 Å². The van der Waals surface area contributed by atoms with Crippen LogP contribution in [0.5, 0.6) is 5.75 Å². The number of para-hydroxylation sites is 1.